The maximum Gasteiger partial charge on any atom is 0.404 e. The molecule has 0 bridgehead atoms. The molecule has 1 fully saturated rings. The summed E-state index contributed by atoms with van der Waals surface area (Å²) in [6.45, 7) is 1.76. The van der Waals surface area contributed by atoms with E-state index in [2.05, 4.69) is 0 Å². The number of amides is 1. The van der Waals surface area contributed by atoms with Crippen LogP contribution in [0, 0.1) is 12.3 Å². The third kappa shape index (κ3) is 3.41. The Morgan fingerprint density at radius 1 is 1.20 bits per heavy atom. The molecule has 0 spiro atoms. The SMILES string of the molecule is CCOc1ccc(C(=O)N2CCC(C(F)(F)F)(C(F)(F)F)C2)cc1C. The summed E-state index contributed by atoms with van der Waals surface area (Å²) < 4.78 is 83.8. The average Bonchev–Trinajstić information content (AvgIpc) is 2.95. The Morgan fingerprint density at radius 2 is 1.80 bits per heavy atom. The fourth-order valence-corrected chi connectivity index (χ4v) is 2.89. The molecular weight excluding hydrogens is 352 g/mol. The predicted molar refractivity (Wildman–Crippen MR) is 77.4 cm³/mol. The minimum Gasteiger partial charge on any atom is -0.494 e. The van der Waals surface area contributed by atoms with Crippen LogP contribution in [0.5, 0.6) is 5.75 Å². The molecule has 1 amide bonds. The Bertz CT molecular complexity index is 639. The van der Waals surface area contributed by atoms with E-state index in [0.29, 0.717) is 22.8 Å². The largest absolute Gasteiger partial charge is 0.494 e. The van der Waals surface area contributed by atoms with Crippen molar-refractivity contribution in [1.82, 2.24) is 4.90 Å². The molecule has 0 atom stereocenters. The first-order valence-electron chi connectivity index (χ1n) is 7.59. The first kappa shape index (κ1) is 19.4. The van der Waals surface area contributed by atoms with E-state index in [1.54, 1.807) is 13.8 Å². The molecule has 2 rings (SSSR count). The normalized spacial score (nSPS) is 17.7. The van der Waals surface area contributed by atoms with Crippen LogP contribution in [0.15, 0.2) is 18.2 Å². The molecule has 1 aromatic carbocycles. The van der Waals surface area contributed by atoms with Crippen LogP contribution < -0.4 is 4.74 Å². The number of hydrogen-bond acceptors (Lipinski definition) is 2. The van der Waals surface area contributed by atoms with Crippen molar-refractivity contribution in [2.45, 2.75) is 32.6 Å². The van der Waals surface area contributed by atoms with Crippen molar-refractivity contribution in [1.29, 1.82) is 0 Å². The molecule has 1 aromatic rings. The van der Waals surface area contributed by atoms with E-state index in [-0.39, 0.29) is 5.56 Å². The quantitative estimate of drug-likeness (QED) is 0.742. The zero-order valence-corrected chi connectivity index (χ0v) is 13.6. The van der Waals surface area contributed by atoms with Gasteiger partial charge in [0.15, 0.2) is 5.41 Å². The number of alkyl halides is 6. The van der Waals surface area contributed by atoms with Gasteiger partial charge in [0.25, 0.3) is 5.91 Å². The third-order valence-corrected chi connectivity index (χ3v) is 4.36. The molecule has 140 valence electrons. The zero-order chi connectivity index (χ0) is 19.0. The number of halogens is 6. The van der Waals surface area contributed by atoms with Gasteiger partial charge in [-0.15, -0.1) is 0 Å². The summed E-state index contributed by atoms with van der Waals surface area (Å²) in [7, 11) is 0. The highest BCUT2D eigenvalue weighted by molar-refractivity contribution is 5.94. The molecule has 0 unspecified atom stereocenters. The summed E-state index contributed by atoms with van der Waals surface area (Å²) >= 11 is 0. The molecule has 25 heavy (non-hydrogen) atoms. The van der Waals surface area contributed by atoms with Crippen LogP contribution in [0.1, 0.15) is 29.3 Å². The monoisotopic (exact) mass is 369 g/mol. The number of likely N-dealkylation sites (tertiary alicyclic amines) is 1. The molecule has 0 saturated carbocycles. The minimum atomic E-state index is -5.48. The van der Waals surface area contributed by atoms with Gasteiger partial charge in [-0.3, -0.25) is 4.79 Å². The highest BCUT2D eigenvalue weighted by Gasteiger charge is 2.72. The Labute approximate surface area is 140 Å². The standard InChI is InChI=1S/C16H17F6NO2/c1-3-25-12-5-4-11(8-10(12)2)13(24)23-7-6-14(9-23,15(17,18)19)16(20,21)22/h4-5,8H,3,6-7,9H2,1-2H3. The van der Waals surface area contributed by atoms with E-state index in [4.69, 9.17) is 4.74 Å². The average molecular weight is 369 g/mol. The third-order valence-electron chi connectivity index (χ3n) is 4.36. The lowest BCUT2D eigenvalue weighted by Crippen LogP contribution is -2.52. The van der Waals surface area contributed by atoms with Gasteiger partial charge in [-0.25, -0.2) is 0 Å². The lowest BCUT2D eigenvalue weighted by atomic mass is 9.85. The van der Waals surface area contributed by atoms with Crippen molar-refractivity contribution < 1.29 is 35.9 Å². The second-order valence-corrected chi connectivity index (χ2v) is 5.97. The number of nitrogens with zero attached hydrogens (tertiary/aromatic N) is 1. The molecular formula is C16H17F6NO2. The number of aryl methyl sites for hydroxylation is 1. The molecule has 0 aromatic heterocycles. The van der Waals surface area contributed by atoms with Gasteiger partial charge in [-0.2, -0.15) is 26.3 Å². The van der Waals surface area contributed by atoms with Gasteiger partial charge in [0.2, 0.25) is 0 Å². The van der Waals surface area contributed by atoms with Crippen molar-refractivity contribution in [3.05, 3.63) is 29.3 Å². The Hall–Kier alpha value is -1.93. The number of rotatable bonds is 3. The van der Waals surface area contributed by atoms with Crippen LogP contribution in [0.25, 0.3) is 0 Å². The second kappa shape index (κ2) is 6.42. The van der Waals surface area contributed by atoms with E-state index in [9.17, 15) is 31.1 Å². The highest BCUT2D eigenvalue weighted by Crippen LogP contribution is 2.55. The molecule has 0 aliphatic carbocycles. The van der Waals surface area contributed by atoms with E-state index in [1.807, 2.05) is 0 Å². The van der Waals surface area contributed by atoms with E-state index < -0.39 is 43.2 Å². The number of ether oxygens (including phenoxy) is 1. The lowest BCUT2D eigenvalue weighted by Gasteiger charge is -2.33. The fourth-order valence-electron chi connectivity index (χ4n) is 2.89. The molecule has 1 aliphatic heterocycles. The lowest BCUT2D eigenvalue weighted by molar-refractivity contribution is -0.334. The predicted octanol–water partition coefficient (Wildman–Crippen LogP) is 4.35. The molecule has 0 N–H and O–H groups in total. The second-order valence-electron chi connectivity index (χ2n) is 5.97. The number of benzene rings is 1. The van der Waals surface area contributed by atoms with Crippen LogP contribution in [0.3, 0.4) is 0 Å². The summed E-state index contributed by atoms with van der Waals surface area (Å²) in [6.07, 6.45) is -12.1. The van der Waals surface area contributed by atoms with E-state index in [0.717, 1.165) is 0 Å². The van der Waals surface area contributed by atoms with Crippen LogP contribution in [-0.2, 0) is 0 Å². The molecule has 1 saturated heterocycles. The Balaban J connectivity index is 2.26. The summed E-state index contributed by atoms with van der Waals surface area (Å²) in [5.74, 6) is -0.359. The van der Waals surface area contributed by atoms with Gasteiger partial charge in [-0.1, -0.05) is 0 Å². The molecule has 3 nitrogen and oxygen atoms in total. The van der Waals surface area contributed by atoms with Gasteiger partial charge in [-0.05, 0) is 44.0 Å². The van der Waals surface area contributed by atoms with Crippen molar-refractivity contribution >= 4 is 5.91 Å². The van der Waals surface area contributed by atoms with Crippen LogP contribution >= 0.6 is 0 Å². The van der Waals surface area contributed by atoms with Gasteiger partial charge in [0, 0.05) is 18.7 Å². The fraction of sp³-hybridized carbons (Fsp3) is 0.562. The van der Waals surface area contributed by atoms with Gasteiger partial charge < -0.3 is 9.64 Å². The smallest absolute Gasteiger partial charge is 0.404 e. The van der Waals surface area contributed by atoms with E-state index in [1.165, 1.54) is 18.2 Å². The maximum absolute atomic E-state index is 13.1. The van der Waals surface area contributed by atoms with Crippen molar-refractivity contribution in [3.8, 4) is 5.75 Å². The summed E-state index contributed by atoms with van der Waals surface area (Å²) in [4.78, 5) is 13.0. The first-order valence-corrected chi connectivity index (χ1v) is 7.59. The zero-order valence-electron chi connectivity index (χ0n) is 13.6. The number of hydrogen-bond donors (Lipinski definition) is 0. The van der Waals surface area contributed by atoms with Crippen LogP contribution in [-0.4, -0.2) is 42.9 Å². The molecule has 0 radical (unpaired) electrons. The molecule has 9 heteroatoms. The van der Waals surface area contributed by atoms with Gasteiger partial charge in [0.1, 0.15) is 5.75 Å². The summed E-state index contributed by atoms with van der Waals surface area (Å²) in [5, 5.41) is 0. The Kier molecular flexibility index (Phi) is 4.98. The first-order chi connectivity index (χ1) is 11.4. The summed E-state index contributed by atoms with van der Waals surface area (Å²) in [6, 6.07) is 4.21. The molecule has 1 heterocycles. The van der Waals surface area contributed by atoms with Crippen molar-refractivity contribution in [3.63, 3.8) is 0 Å². The molecule has 1 aliphatic rings. The van der Waals surface area contributed by atoms with Gasteiger partial charge >= 0.3 is 12.4 Å². The van der Waals surface area contributed by atoms with Crippen molar-refractivity contribution in [2.75, 3.05) is 19.7 Å². The number of carbonyl (C=O) groups excluding carboxylic acids is 1. The maximum atomic E-state index is 13.1. The van der Waals surface area contributed by atoms with Crippen LogP contribution in [0.4, 0.5) is 26.3 Å². The summed E-state index contributed by atoms with van der Waals surface area (Å²) in [5.41, 5.74) is -3.28. The highest BCUT2D eigenvalue weighted by atomic mass is 19.4. The van der Waals surface area contributed by atoms with Crippen molar-refractivity contribution in [2.24, 2.45) is 5.41 Å². The topological polar surface area (TPSA) is 29.5 Å². The Morgan fingerprint density at radius 3 is 2.24 bits per heavy atom. The minimum absolute atomic E-state index is 0.0288. The van der Waals surface area contributed by atoms with Crippen LogP contribution in [0.2, 0.25) is 0 Å². The van der Waals surface area contributed by atoms with Gasteiger partial charge in [0.05, 0.1) is 6.61 Å². The number of carbonyl (C=O) groups is 1. The van der Waals surface area contributed by atoms with E-state index >= 15 is 0 Å².